The average molecular weight is 349 g/mol. The highest BCUT2D eigenvalue weighted by Crippen LogP contribution is 2.22. The molecule has 0 saturated carbocycles. The molecule has 4 rings (SSSR count). The number of amides is 1. The van der Waals surface area contributed by atoms with E-state index in [9.17, 15) is 4.79 Å². The van der Waals surface area contributed by atoms with Gasteiger partial charge in [0.15, 0.2) is 0 Å². The van der Waals surface area contributed by atoms with E-state index in [1.807, 2.05) is 41.8 Å². The van der Waals surface area contributed by atoms with Gasteiger partial charge in [0.05, 0.1) is 11.9 Å². The van der Waals surface area contributed by atoms with Gasteiger partial charge in [-0.05, 0) is 55.5 Å². The molecule has 134 valence electrons. The summed E-state index contributed by atoms with van der Waals surface area (Å²) in [5.74, 6) is 1.53. The molecule has 4 heterocycles. The number of carbonyl (C=O) groups is 1. The molecule has 0 unspecified atom stereocenters. The number of imidazole rings is 1. The molecular formula is C20H23N5O. The van der Waals surface area contributed by atoms with Crippen LogP contribution in [0.25, 0.3) is 5.65 Å². The molecule has 1 saturated heterocycles. The van der Waals surface area contributed by atoms with Crippen molar-refractivity contribution in [1.82, 2.24) is 14.4 Å². The Kier molecular flexibility index (Phi) is 4.32. The van der Waals surface area contributed by atoms with E-state index in [-0.39, 0.29) is 5.91 Å². The molecule has 0 aliphatic carbocycles. The minimum Gasteiger partial charge on any atom is -0.357 e. The van der Waals surface area contributed by atoms with Gasteiger partial charge in [-0.15, -0.1) is 0 Å². The van der Waals surface area contributed by atoms with Gasteiger partial charge < -0.3 is 14.6 Å². The summed E-state index contributed by atoms with van der Waals surface area (Å²) in [7, 11) is 0. The van der Waals surface area contributed by atoms with Crippen molar-refractivity contribution in [2.45, 2.75) is 26.7 Å². The number of fused-ring (bicyclic) bond motifs is 1. The summed E-state index contributed by atoms with van der Waals surface area (Å²) >= 11 is 0. The number of pyridine rings is 2. The van der Waals surface area contributed by atoms with Gasteiger partial charge in [-0.2, -0.15) is 0 Å². The van der Waals surface area contributed by atoms with E-state index in [2.05, 4.69) is 27.1 Å². The Morgan fingerprint density at radius 3 is 2.77 bits per heavy atom. The summed E-state index contributed by atoms with van der Waals surface area (Å²) in [6.07, 6.45) is 7.76. The third kappa shape index (κ3) is 3.40. The van der Waals surface area contributed by atoms with Crippen LogP contribution in [0.5, 0.6) is 0 Å². The normalized spacial score (nSPS) is 15.4. The molecule has 1 amide bonds. The Labute approximate surface area is 152 Å². The molecule has 1 N–H and O–H groups in total. The number of aryl methyl sites for hydroxylation is 1. The van der Waals surface area contributed by atoms with Crippen LogP contribution in [0.1, 0.15) is 35.8 Å². The van der Waals surface area contributed by atoms with Gasteiger partial charge in [0.25, 0.3) is 5.91 Å². The van der Waals surface area contributed by atoms with Gasteiger partial charge in [0, 0.05) is 25.5 Å². The highest BCUT2D eigenvalue weighted by molar-refractivity contribution is 6.03. The Morgan fingerprint density at radius 2 is 2.04 bits per heavy atom. The van der Waals surface area contributed by atoms with Crippen molar-refractivity contribution in [3.05, 3.63) is 54.1 Å². The zero-order chi connectivity index (χ0) is 18.1. The van der Waals surface area contributed by atoms with Gasteiger partial charge in [-0.25, -0.2) is 9.97 Å². The van der Waals surface area contributed by atoms with Crippen molar-refractivity contribution in [3.8, 4) is 0 Å². The summed E-state index contributed by atoms with van der Waals surface area (Å²) in [6, 6.07) is 7.81. The monoisotopic (exact) mass is 349 g/mol. The predicted octanol–water partition coefficient (Wildman–Crippen LogP) is 3.53. The van der Waals surface area contributed by atoms with Crippen LogP contribution in [0.3, 0.4) is 0 Å². The van der Waals surface area contributed by atoms with Crippen LogP contribution >= 0.6 is 0 Å². The van der Waals surface area contributed by atoms with Crippen LogP contribution in [-0.2, 0) is 0 Å². The predicted molar refractivity (Wildman–Crippen MR) is 103 cm³/mol. The van der Waals surface area contributed by atoms with Crippen molar-refractivity contribution >= 4 is 23.1 Å². The standard InChI is InChI=1S/C20H23N5O/c1-14-5-8-24(9-6-14)18-4-3-16(12-21-18)22-20(26)17-13-25-10-7-15(2)11-19(25)23-17/h3-4,7,10-14H,5-6,8-9H2,1-2H3,(H,22,26). The molecule has 1 fully saturated rings. The lowest BCUT2D eigenvalue weighted by Gasteiger charge is -2.31. The summed E-state index contributed by atoms with van der Waals surface area (Å²) in [5, 5.41) is 2.88. The lowest BCUT2D eigenvalue weighted by atomic mass is 9.99. The van der Waals surface area contributed by atoms with Crippen LogP contribution < -0.4 is 10.2 Å². The maximum atomic E-state index is 12.5. The summed E-state index contributed by atoms with van der Waals surface area (Å²) in [5.41, 5.74) is 2.95. The van der Waals surface area contributed by atoms with E-state index in [0.29, 0.717) is 11.4 Å². The molecular weight excluding hydrogens is 326 g/mol. The molecule has 0 bridgehead atoms. The van der Waals surface area contributed by atoms with E-state index < -0.39 is 0 Å². The van der Waals surface area contributed by atoms with Crippen LogP contribution in [0.4, 0.5) is 11.5 Å². The van der Waals surface area contributed by atoms with Crippen LogP contribution in [0.15, 0.2) is 42.9 Å². The van der Waals surface area contributed by atoms with E-state index in [1.54, 1.807) is 12.4 Å². The Bertz CT molecular complexity index is 923. The molecule has 3 aromatic rings. The Balaban J connectivity index is 1.45. The van der Waals surface area contributed by atoms with Crippen LogP contribution in [0, 0.1) is 12.8 Å². The molecule has 0 spiro atoms. The SMILES string of the molecule is Cc1ccn2cc(C(=O)Nc3ccc(N4CCC(C)CC4)nc3)nc2c1. The zero-order valence-corrected chi connectivity index (χ0v) is 15.1. The number of anilines is 2. The lowest BCUT2D eigenvalue weighted by Crippen LogP contribution is -2.33. The van der Waals surface area contributed by atoms with Crippen molar-refractivity contribution in [2.24, 2.45) is 5.92 Å². The van der Waals surface area contributed by atoms with Gasteiger partial charge in [0.2, 0.25) is 0 Å². The topological polar surface area (TPSA) is 62.5 Å². The number of nitrogens with one attached hydrogen (secondary N) is 1. The number of hydrogen-bond donors (Lipinski definition) is 1. The quantitative estimate of drug-likeness (QED) is 0.786. The molecule has 6 nitrogen and oxygen atoms in total. The maximum absolute atomic E-state index is 12.5. The fourth-order valence-electron chi connectivity index (χ4n) is 3.27. The highest BCUT2D eigenvalue weighted by atomic mass is 16.1. The fraction of sp³-hybridized carbons (Fsp3) is 0.350. The number of rotatable bonds is 3. The van der Waals surface area contributed by atoms with E-state index in [1.165, 1.54) is 12.8 Å². The number of nitrogens with zero attached hydrogens (tertiary/aromatic N) is 4. The summed E-state index contributed by atoms with van der Waals surface area (Å²) < 4.78 is 1.85. The van der Waals surface area contributed by atoms with E-state index >= 15 is 0 Å². The second kappa shape index (κ2) is 6.78. The van der Waals surface area contributed by atoms with Crippen LogP contribution in [0.2, 0.25) is 0 Å². The molecule has 1 aliphatic heterocycles. The van der Waals surface area contributed by atoms with Crippen molar-refractivity contribution in [3.63, 3.8) is 0 Å². The Hall–Kier alpha value is -2.89. The van der Waals surface area contributed by atoms with Crippen molar-refractivity contribution in [1.29, 1.82) is 0 Å². The minimum atomic E-state index is -0.229. The third-order valence-electron chi connectivity index (χ3n) is 4.96. The number of hydrogen-bond acceptors (Lipinski definition) is 4. The second-order valence-electron chi connectivity index (χ2n) is 7.12. The first kappa shape index (κ1) is 16.6. The fourth-order valence-corrected chi connectivity index (χ4v) is 3.27. The van der Waals surface area contributed by atoms with E-state index in [0.717, 1.165) is 36.0 Å². The maximum Gasteiger partial charge on any atom is 0.275 e. The Morgan fingerprint density at radius 1 is 1.23 bits per heavy atom. The minimum absolute atomic E-state index is 0.229. The first-order valence-corrected chi connectivity index (χ1v) is 9.06. The molecule has 1 aliphatic rings. The number of piperidine rings is 1. The molecule has 3 aromatic heterocycles. The van der Waals surface area contributed by atoms with Gasteiger partial charge in [-0.1, -0.05) is 6.92 Å². The molecule has 26 heavy (non-hydrogen) atoms. The number of carbonyl (C=O) groups excluding carboxylic acids is 1. The molecule has 0 aromatic carbocycles. The average Bonchev–Trinajstić information content (AvgIpc) is 3.06. The van der Waals surface area contributed by atoms with Crippen LogP contribution in [-0.4, -0.2) is 33.4 Å². The van der Waals surface area contributed by atoms with Gasteiger partial charge in [-0.3, -0.25) is 4.79 Å². The van der Waals surface area contributed by atoms with E-state index in [4.69, 9.17) is 0 Å². The molecule has 0 radical (unpaired) electrons. The first-order chi connectivity index (χ1) is 12.6. The zero-order valence-electron chi connectivity index (χ0n) is 15.1. The number of aromatic nitrogens is 3. The summed E-state index contributed by atoms with van der Waals surface area (Å²) in [6.45, 7) is 6.38. The largest absolute Gasteiger partial charge is 0.357 e. The van der Waals surface area contributed by atoms with Crippen molar-refractivity contribution < 1.29 is 4.79 Å². The summed E-state index contributed by atoms with van der Waals surface area (Å²) in [4.78, 5) is 23.7. The highest BCUT2D eigenvalue weighted by Gasteiger charge is 2.17. The molecule has 0 atom stereocenters. The first-order valence-electron chi connectivity index (χ1n) is 9.06. The third-order valence-corrected chi connectivity index (χ3v) is 4.96. The second-order valence-corrected chi connectivity index (χ2v) is 7.12. The van der Waals surface area contributed by atoms with Gasteiger partial charge >= 0.3 is 0 Å². The van der Waals surface area contributed by atoms with Gasteiger partial charge in [0.1, 0.15) is 17.2 Å². The smallest absolute Gasteiger partial charge is 0.275 e. The molecule has 6 heteroatoms. The van der Waals surface area contributed by atoms with Crippen molar-refractivity contribution in [2.75, 3.05) is 23.3 Å². The lowest BCUT2D eigenvalue weighted by molar-refractivity contribution is 0.102.